The normalized spacial score (nSPS) is 15.0. The lowest BCUT2D eigenvalue weighted by Gasteiger charge is -2.21. The molecule has 4 heteroatoms. The van der Waals surface area contributed by atoms with Gasteiger partial charge in [-0.3, -0.25) is 4.40 Å². The van der Waals surface area contributed by atoms with E-state index in [4.69, 9.17) is 4.98 Å². The largest absolute Gasteiger partial charge is 0.358 e. The molecule has 0 N–H and O–H groups in total. The van der Waals surface area contributed by atoms with Crippen LogP contribution in [0.1, 0.15) is 24.0 Å². The topological polar surface area (TPSA) is 44.3 Å². The minimum Gasteiger partial charge on any atom is -0.358 e. The summed E-state index contributed by atoms with van der Waals surface area (Å²) in [5.41, 5.74) is 4.47. The Hall–Kier alpha value is -2.54. The minimum atomic E-state index is 0.675. The maximum atomic E-state index is 9.48. The van der Waals surface area contributed by atoms with Gasteiger partial charge in [-0.15, -0.1) is 0 Å². The van der Waals surface area contributed by atoms with Crippen molar-refractivity contribution >= 4 is 22.5 Å². The SMILES string of the molecule is Cc1cc(N2CCCC2)n2c(nc3ccccc32)c1C#N. The summed E-state index contributed by atoms with van der Waals surface area (Å²) in [6, 6.07) is 12.5. The summed E-state index contributed by atoms with van der Waals surface area (Å²) in [7, 11) is 0. The van der Waals surface area contributed by atoms with Crippen LogP contribution in [0.5, 0.6) is 0 Å². The average molecular weight is 276 g/mol. The van der Waals surface area contributed by atoms with Gasteiger partial charge in [-0.25, -0.2) is 4.98 Å². The molecular weight excluding hydrogens is 260 g/mol. The predicted octanol–water partition coefficient (Wildman–Crippen LogP) is 3.27. The van der Waals surface area contributed by atoms with Crippen LogP contribution >= 0.6 is 0 Å². The van der Waals surface area contributed by atoms with Gasteiger partial charge in [0.1, 0.15) is 11.9 Å². The standard InChI is InChI=1S/C17H16N4/c1-12-10-16(20-8-4-5-9-20)21-15-7-3-2-6-14(15)19-17(21)13(12)11-18/h2-3,6-7,10H,4-5,8-9H2,1H3. The molecule has 0 saturated carbocycles. The molecule has 4 rings (SSSR count). The number of hydrogen-bond acceptors (Lipinski definition) is 3. The average Bonchev–Trinajstić information content (AvgIpc) is 3.14. The summed E-state index contributed by atoms with van der Waals surface area (Å²) in [5, 5.41) is 9.48. The Morgan fingerprint density at radius 3 is 2.71 bits per heavy atom. The first-order chi connectivity index (χ1) is 10.3. The summed E-state index contributed by atoms with van der Waals surface area (Å²) in [5.74, 6) is 1.16. The molecule has 1 saturated heterocycles. The van der Waals surface area contributed by atoms with Crippen molar-refractivity contribution in [1.82, 2.24) is 9.38 Å². The molecule has 4 nitrogen and oxygen atoms in total. The van der Waals surface area contributed by atoms with Crippen molar-refractivity contribution in [2.45, 2.75) is 19.8 Å². The molecule has 0 aliphatic carbocycles. The second kappa shape index (κ2) is 4.49. The first-order valence-electron chi connectivity index (χ1n) is 7.35. The molecule has 3 heterocycles. The van der Waals surface area contributed by atoms with Crippen LogP contribution in [0.3, 0.4) is 0 Å². The third-order valence-electron chi connectivity index (χ3n) is 4.30. The molecule has 3 aromatic rings. The van der Waals surface area contributed by atoms with E-state index in [-0.39, 0.29) is 0 Å². The fraction of sp³-hybridized carbons (Fsp3) is 0.294. The van der Waals surface area contributed by atoms with Crippen LogP contribution < -0.4 is 4.90 Å². The molecule has 2 aromatic heterocycles. The van der Waals surface area contributed by atoms with Gasteiger partial charge in [-0.05, 0) is 43.5 Å². The van der Waals surface area contributed by atoms with Gasteiger partial charge in [-0.2, -0.15) is 5.26 Å². The number of pyridine rings is 1. The van der Waals surface area contributed by atoms with Crippen molar-refractivity contribution in [2.24, 2.45) is 0 Å². The highest BCUT2D eigenvalue weighted by Gasteiger charge is 2.20. The highest BCUT2D eigenvalue weighted by molar-refractivity contribution is 5.85. The van der Waals surface area contributed by atoms with E-state index in [1.165, 1.54) is 12.8 Å². The van der Waals surface area contributed by atoms with Crippen molar-refractivity contribution in [3.63, 3.8) is 0 Å². The van der Waals surface area contributed by atoms with Crippen LogP contribution in [0, 0.1) is 18.3 Å². The molecule has 1 aromatic carbocycles. The fourth-order valence-corrected chi connectivity index (χ4v) is 3.25. The van der Waals surface area contributed by atoms with E-state index in [1.807, 2.05) is 25.1 Å². The lowest BCUT2D eigenvalue weighted by atomic mass is 10.1. The van der Waals surface area contributed by atoms with Crippen LogP contribution in [-0.4, -0.2) is 22.5 Å². The number of nitriles is 1. The van der Waals surface area contributed by atoms with Crippen LogP contribution in [0.2, 0.25) is 0 Å². The van der Waals surface area contributed by atoms with E-state index in [0.29, 0.717) is 5.56 Å². The summed E-state index contributed by atoms with van der Waals surface area (Å²) >= 11 is 0. The van der Waals surface area contributed by atoms with Crippen LogP contribution in [0.15, 0.2) is 30.3 Å². The smallest absolute Gasteiger partial charge is 0.157 e. The van der Waals surface area contributed by atoms with Crippen molar-refractivity contribution < 1.29 is 0 Å². The number of aryl methyl sites for hydroxylation is 1. The number of imidazole rings is 1. The molecule has 0 atom stereocenters. The van der Waals surface area contributed by atoms with Gasteiger partial charge >= 0.3 is 0 Å². The van der Waals surface area contributed by atoms with Crippen molar-refractivity contribution in [2.75, 3.05) is 18.0 Å². The maximum Gasteiger partial charge on any atom is 0.157 e. The predicted molar refractivity (Wildman–Crippen MR) is 83.6 cm³/mol. The van der Waals surface area contributed by atoms with Gasteiger partial charge in [0.05, 0.1) is 16.6 Å². The lowest BCUT2D eigenvalue weighted by molar-refractivity contribution is 0.922. The molecular formula is C17H16N4. The molecule has 0 radical (unpaired) electrons. The molecule has 1 aliphatic heterocycles. The van der Waals surface area contributed by atoms with Crippen molar-refractivity contribution in [1.29, 1.82) is 5.26 Å². The van der Waals surface area contributed by atoms with E-state index in [9.17, 15) is 5.26 Å². The Labute approximate surface area is 123 Å². The van der Waals surface area contributed by atoms with Crippen molar-refractivity contribution in [3.05, 3.63) is 41.5 Å². The number of hydrogen-bond donors (Lipinski definition) is 0. The van der Waals surface area contributed by atoms with E-state index >= 15 is 0 Å². The fourth-order valence-electron chi connectivity index (χ4n) is 3.25. The molecule has 0 unspecified atom stereocenters. The Morgan fingerprint density at radius 1 is 1.19 bits per heavy atom. The number of nitrogens with zero attached hydrogens (tertiary/aromatic N) is 4. The van der Waals surface area contributed by atoms with E-state index in [0.717, 1.165) is 41.2 Å². The monoisotopic (exact) mass is 276 g/mol. The minimum absolute atomic E-state index is 0.675. The van der Waals surface area contributed by atoms with Gasteiger partial charge in [0.15, 0.2) is 5.65 Å². The molecule has 1 fully saturated rings. The number of rotatable bonds is 1. The molecule has 21 heavy (non-hydrogen) atoms. The summed E-state index contributed by atoms with van der Waals surface area (Å²) in [6.45, 7) is 4.15. The van der Waals surface area contributed by atoms with Crippen LogP contribution in [0.25, 0.3) is 16.7 Å². The molecule has 0 bridgehead atoms. The number of fused-ring (bicyclic) bond motifs is 3. The van der Waals surface area contributed by atoms with Crippen LogP contribution in [0.4, 0.5) is 5.82 Å². The second-order valence-electron chi connectivity index (χ2n) is 5.63. The zero-order valence-electron chi connectivity index (χ0n) is 12.0. The molecule has 0 spiro atoms. The highest BCUT2D eigenvalue weighted by atomic mass is 15.2. The van der Waals surface area contributed by atoms with E-state index in [2.05, 4.69) is 27.5 Å². The Kier molecular flexibility index (Phi) is 2.61. The quantitative estimate of drug-likeness (QED) is 0.685. The number of benzene rings is 1. The second-order valence-corrected chi connectivity index (χ2v) is 5.63. The Morgan fingerprint density at radius 2 is 1.95 bits per heavy atom. The number of para-hydroxylation sites is 2. The maximum absolute atomic E-state index is 9.48. The van der Waals surface area contributed by atoms with E-state index < -0.39 is 0 Å². The van der Waals surface area contributed by atoms with Gasteiger partial charge in [0.25, 0.3) is 0 Å². The van der Waals surface area contributed by atoms with Gasteiger partial charge in [0.2, 0.25) is 0 Å². The lowest BCUT2D eigenvalue weighted by Crippen LogP contribution is -2.21. The van der Waals surface area contributed by atoms with Gasteiger partial charge in [-0.1, -0.05) is 12.1 Å². The first kappa shape index (κ1) is 12.2. The summed E-state index contributed by atoms with van der Waals surface area (Å²) in [4.78, 5) is 7.09. The summed E-state index contributed by atoms with van der Waals surface area (Å²) in [6.07, 6.45) is 2.46. The zero-order chi connectivity index (χ0) is 14.4. The number of aromatic nitrogens is 2. The summed E-state index contributed by atoms with van der Waals surface area (Å²) < 4.78 is 2.15. The van der Waals surface area contributed by atoms with E-state index in [1.54, 1.807) is 0 Å². The molecule has 104 valence electrons. The number of anilines is 1. The van der Waals surface area contributed by atoms with Crippen molar-refractivity contribution in [3.8, 4) is 6.07 Å². The zero-order valence-corrected chi connectivity index (χ0v) is 12.0. The highest BCUT2D eigenvalue weighted by Crippen LogP contribution is 2.30. The third kappa shape index (κ3) is 1.71. The third-order valence-corrected chi connectivity index (χ3v) is 4.30. The van der Waals surface area contributed by atoms with Crippen LogP contribution in [-0.2, 0) is 0 Å². The Balaban J connectivity index is 2.15. The van der Waals surface area contributed by atoms with Gasteiger partial charge < -0.3 is 4.90 Å². The Bertz CT molecular complexity index is 879. The van der Waals surface area contributed by atoms with Gasteiger partial charge in [0, 0.05) is 13.1 Å². The molecule has 0 amide bonds. The first-order valence-corrected chi connectivity index (χ1v) is 7.35. The molecule has 1 aliphatic rings.